The van der Waals surface area contributed by atoms with Crippen LogP contribution in [-0.4, -0.2) is 24.6 Å². The van der Waals surface area contributed by atoms with Crippen LogP contribution in [0.1, 0.15) is 21.6 Å². The minimum atomic E-state index is -4.64. The summed E-state index contributed by atoms with van der Waals surface area (Å²) in [6, 6.07) is 3.25. The number of aromatic nitrogens is 1. The second-order valence-electron chi connectivity index (χ2n) is 4.56. The Hall–Kier alpha value is -2.18. The van der Waals surface area contributed by atoms with Crippen molar-refractivity contribution in [3.8, 4) is 0 Å². The third-order valence-electron chi connectivity index (χ3n) is 3.44. The van der Waals surface area contributed by atoms with Crippen LogP contribution in [-0.2, 0) is 17.3 Å². The van der Waals surface area contributed by atoms with Gasteiger partial charge in [-0.15, -0.1) is 0 Å². The van der Waals surface area contributed by atoms with E-state index in [-0.39, 0.29) is 0 Å². The van der Waals surface area contributed by atoms with Gasteiger partial charge in [0.25, 0.3) is 0 Å². The predicted molar refractivity (Wildman–Crippen MR) is 66.8 cm³/mol. The zero-order chi connectivity index (χ0) is 14.5. The predicted octanol–water partition coefficient (Wildman–Crippen LogP) is 2.94. The maximum Gasteiger partial charge on any atom is 0.432 e. The van der Waals surface area contributed by atoms with Gasteiger partial charge in [0.15, 0.2) is 0 Å². The number of rotatable bonds is 1. The highest BCUT2D eigenvalue weighted by Gasteiger charge is 2.40. The summed E-state index contributed by atoms with van der Waals surface area (Å²) < 4.78 is 43.8. The number of methoxy groups -OCH3 is 1. The SMILES string of the molecule is COC(=O)c1c(C(F)(F)F)[nH]c2ccc3c(c12)CCN3. The number of carbonyl (C=O) groups excluding carboxylic acids is 1. The highest BCUT2D eigenvalue weighted by Crippen LogP contribution is 2.40. The standard InChI is InChI=1S/C13H11F3N2O2/c1-20-12(19)10-9-6-4-5-17-7(6)2-3-8(9)18-11(10)13(14,15)16/h2-3,17-18H,4-5H2,1H3. The van der Waals surface area contributed by atoms with Crippen LogP contribution in [0, 0.1) is 0 Å². The van der Waals surface area contributed by atoms with Crippen LogP contribution in [0.3, 0.4) is 0 Å². The fourth-order valence-corrected chi connectivity index (χ4v) is 2.63. The van der Waals surface area contributed by atoms with E-state index in [1.54, 1.807) is 6.07 Å². The van der Waals surface area contributed by atoms with Crippen LogP contribution in [0.15, 0.2) is 12.1 Å². The molecule has 2 heterocycles. The number of carbonyl (C=O) groups is 1. The van der Waals surface area contributed by atoms with Crippen LogP contribution < -0.4 is 5.32 Å². The van der Waals surface area contributed by atoms with Crippen molar-refractivity contribution in [3.05, 3.63) is 29.0 Å². The number of nitrogens with one attached hydrogen (secondary N) is 2. The molecule has 1 aliphatic rings. The monoisotopic (exact) mass is 284 g/mol. The quantitative estimate of drug-likeness (QED) is 0.792. The molecule has 3 rings (SSSR count). The molecule has 0 spiro atoms. The Labute approximate surface area is 111 Å². The summed E-state index contributed by atoms with van der Waals surface area (Å²) in [5.74, 6) is -0.983. The normalized spacial score (nSPS) is 14.2. The summed E-state index contributed by atoms with van der Waals surface area (Å²) in [4.78, 5) is 14.1. The lowest BCUT2D eigenvalue weighted by molar-refractivity contribution is -0.141. The molecule has 7 heteroatoms. The molecule has 0 aliphatic carbocycles. The smallest absolute Gasteiger partial charge is 0.432 e. The van der Waals surface area contributed by atoms with Crippen molar-refractivity contribution in [2.45, 2.75) is 12.6 Å². The maximum absolute atomic E-state index is 13.1. The van der Waals surface area contributed by atoms with E-state index in [0.717, 1.165) is 18.4 Å². The molecule has 2 aromatic rings. The first-order chi connectivity index (χ1) is 9.43. The first kappa shape index (κ1) is 12.8. The van der Waals surface area contributed by atoms with Crippen LogP contribution >= 0.6 is 0 Å². The lowest BCUT2D eigenvalue weighted by Gasteiger charge is -2.07. The van der Waals surface area contributed by atoms with Gasteiger partial charge < -0.3 is 15.0 Å². The lowest BCUT2D eigenvalue weighted by atomic mass is 10.0. The maximum atomic E-state index is 13.1. The van der Waals surface area contributed by atoms with Crippen LogP contribution in [0.2, 0.25) is 0 Å². The number of halogens is 3. The van der Waals surface area contributed by atoms with Crippen LogP contribution in [0.5, 0.6) is 0 Å². The van der Waals surface area contributed by atoms with Gasteiger partial charge in [-0.05, 0) is 24.1 Å². The summed E-state index contributed by atoms with van der Waals surface area (Å²) in [6.45, 7) is 0.640. The van der Waals surface area contributed by atoms with Gasteiger partial charge in [0, 0.05) is 23.1 Å². The van der Waals surface area contributed by atoms with Gasteiger partial charge in [-0.2, -0.15) is 13.2 Å². The molecule has 0 saturated heterocycles. The number of hydrogen-bond acceptors (Lipinski definition) is 3. The minimum Gasteiger partial charge on any atom is -0.465 e. The Morgan fingerprint density at radius 2 is 2.10 bits per heavy atom. The summed E-state index contributed by atoms with van der Waals surface area (Å²) in [7, 11) is 1.07. The largest absolute Gasteiger partial charge is 0.465 e. The Balaban J connectivity index is 2.39. The van der Waals surface area contributed by atoms with Gasteiger partial charge in [0.1, 0.15) is 5.69 Å². The number of hydrogen-bond donors (Lipinski definition) is 2. The zero-order valence-electron chi connectivity index (χ0n) is 10.5. The van der Waals surface area contributed by atoms with Crippen molar-refractivity contribution in [2.75, 3.05) is 19.0 Å². The summed E-state index contributed by atoms with van der Waals surface area (Å²) in [6.07, 6.45) is -4.06. The zero-order valence-corrected chi connectivity index (χ0v) is 10.5. The molecule has 0 radical (unpaired) electrons. The highest BCUT2D eigenvalue weighted by atomic mass is 19.4. The molecule has 1 aromatic heterocycles. The number of esters is 1. The van der Waals surface area contributed by atoms with Crippen molar-refractivity contribution in [3.63, 3.8) is 0 Å². The molecule has 1 aromatic carbocycles. The molecular formula is C13H11F3N2O2. The van der Waals surface area contributed by atoms with Crippen molar-refractivity contribution in [1.82, 2.24) is 4.98 Å². The molecule has 0 atom stereocenters. The van der Waals surface area contributed by atoms with E-state index in [2.05, 4.69) is 15.0 Å². The van der Waals surface area contributed by atoms with Crippen LogP contribution in [0.4, 0.5) is 18.9 Å². The second-order valence-corrected chi connectivity index (χ2v) is 4.56. The molecule has 2 N–H and O–H groups in total. The topological polar surface area (TPSA) is 54.1 Å². The van der Waals surface area contributed by atoms with Crippen molar-refractivity contribution >= 4 is 22.6 Å². The third kappa shape index (κ3) is 1.73. The first-order valence-corrected chi connectivity index (χ1v) is 6.00. The van der Waals surface area contributed by atoms with Crippen LogP contribution in [0.25, 0.3) is 10.9 Å². The fourth-order valence-electron chi connectivity index (χ4n) is 2.63. The van der Waals surface area contributed by atoms with Gasteiger partial charge in [-0.25, -0.2) is 4.79 Å². The van der Waals surface area contributed by atoms with Crippen molar-refractivity contribution in [1.29, 1.82) is 0 Å². The van der Waals surface area contributed by atoms with E-state index in [4.69, 9.17) is 0 Å². The minimum absolute atomic E-state index is 0.292. The molecule has 0 bridgehead atoms. The van der Waals surface area contributed by atoms with E-state index >= 15 is 0 Å². The van der Waals surface area contributed by atoms with Crippen molar-refractivity contribution < 1.29 is 22.7 Å². The van der Waals surface area contributed by atoms with E-state index in [0.29, 0.717) is 23.9 Å². The number of anilines is 1. The number of alkyl halides is 3. The van der Waals surface area contributed by atoms with Gasteiger partial charge >= 0.3 is 12.1 Å². The second kappa shape index (κ2) is 4.16. The van der Waals surface area contributed by atoms with Gasteiger partial charge in [-0.3, -0.25) is 0 Å². The molecule has 1 aliphatic heterocycles. The number of aromatic amines is 1. The Morgan fingerprint density at radius 3 is 2.75 bits per heavy atom. The van der Waals surface area contributed by atoms with E-state index in [9.17, 15) is 18.0 Å². The number of fused-ring (bicyclic) bond motifs is 3. The average Bonchev–Trinajstić information content (AvgIpc) is 2.99. The Kier molecular flexibility index (Phi) is 2.67. The summed E-state index contributed by atoms with van der Waals surface area (Å²) >= 11 is 0. The Bertz CT molecular complexity index is 704. The Morgan fingerprint density at radius 1 is 1.35 bits per heavy atom. The molecular weight excluding hydrogens is 273 g/mol. The highest BCUT2D eigenvalue weighted by molar-refractivity contribution is 6.08. The number of ether oxygens (including phenoxy) is 1. The van der Waals surface area contributed by atoms with E-state index < -0.39 is 23.4 Å². The molecule has 20 heavy (non-hydrogen) atoms. The van der Waals surface area contributed by atoms with Gasteiger partial charge in [-0.1, -0.05) is 0 Å². The summed E-state index contributed by atoms with van der Waals surface area (Å²) in [5.41, 5.74) is 0.278. The molecule has 106 valence electrons. The fraction of sp³-hybridized carbons (Fsp3) is 0.308. The molecule has 0 amide bonds. The number of H-pyrrole nitrogens is 1. The van der Waals surface area contributed by atoms with Gasteiger partial charge in [0.05, 0.1) is 12.7 Å². The number of benzene rings is 1. The van der Waals surface area contributed by atoms with Gasteiger partial charge in [0.2, 0.25) is 0 Å². The lowest BCUT2D eigenvalue weighted by Crippen LogP contribution is -2.13. The van der Waals surface area contributed by atoms with E-state index in [1.807, 2.05) is 0 Å². The summed E-state index contributed by atoms with van der Waals surface area (Å²) in [5, 5.41) is 3.38. The molecule has 0 fully saturated rings. The van der Waals surface area contributed by atoms with E-state index in [1.165, 1.54) is 6.07 Å². The average molecular weight is 284 g/mol. The third-order valence-corrected chi connectivity index (χ3v) is 3.44. The molecule has 0 saturated carbocycles. The van der Waals surface area contributed by atoms with Crippen molar-refractivity contribution in [2.24, 2.45) is 0 Å². The first-order valence-electron chi connectivity index (χ1n) is 6.00. The molecule has 4 nitrogen and oxygen atoms in total. The molecule has 0 unspecified atom stereocenters.